The first-order valence-electron chi connectivity index (χ1n) is 4.62. The van der Waals surface area contributed by atoms with Gasteiger partial charge < -0.3 is 5.11 Å². The summed E-state index contributed by atoms with van der Waals surface area (Å²) in [5, 5.41) is 9.61. The van der Waals surface area contributed by atoms with E-state index >= 15 is 0 Å². The zero-order valence-corrected chi connectivity index (χ0v) is 9.86. The second kappa shape index (κ2) is 4.51. The highest BCUT2D eigenvalue weighted by atomic mass is 35.5. The fourth-order valence-electron chi connectivity index (χ4n) is 1.48. The number of hydrogen-bond acceptors (Lipinski definition) is 1. The van der Waals surface area contributed by atoms with Crippen LogP contribution in [0.5, 0.6) is 5.75 Å². The second-order valence-electron chi connectivity index (χ2n) is 3.44. The molecule has 0 aromatic heterocycles. The Morgan fingerprint density at radius 1 is 0.941 bits per heavy atom. The molecule has 1 nitrogen and oxygen atoms in total. The summed E-state index contributed by atoms with van der Waals surface area (Å²) in [7, 11) is 0. The number of halogens is 4. The fraction of sp³-hybridized carbons (Fsp3) is 0. The summed E-state index contributed by atoms with van der Waals surface area (Å²) in [5.41, 5.74) is 0.548. The first-order valence-corrected chi connectivity index (χ1v) is 5.37. The minimum atomic E-state index is -0.740. The molecule has 0 heterocycles. The van der Waals surface area contributed by atoms with E-state index in [9.17, 15) is 13.9 Å². The van der Waals surface area contributed by atoms with Gasteiger partial charge in [0, 0.05) is 16.7 Å². The van der Waals surface area contributed by atoms with Gasteiger partial charge in [0.15, 0.2) is 0 Å². The van der Waals surface area contributed by atoms with Gasteiger partial charge in [0.1, 0.15) is 17.4 Å². The standard InChI is InChI=1S/C12H6Cl2F2O/c13-7-1-6(2-8(15)3-7)9-4-10(14)11(16)5-12(9)17/h1-5,17H. The Balaban J connectivity index is 2.64. The van der Waals surface area contributed by atoms with Crippen molar-refractivity contribution in [1.82, 2.24) is 0 Å². The first kappa shape index (κ1) is 12.1. The Hall–Kier alpha value is -1.32. The van der Waals surface area contributed by atoms with E-state index in [0.29, 0.717) is 5.56 Å². The topological polar surface area (TPSA) is 20.2 Å². The van der Waals surface area contributed by atoms with Gasteiger partial charge in [0.25, 0.3) is 0 Å². The van der Waals surface area contributed by atoms with Crippen LogP contribution in [0.1, 0.15) is 0 Å². The maximum atomic E-state index is 13.2. The lowest BCUT2D eigenvalue weighted by molar-refractivity contribution is 0.471. The molecule has 0 aliphatic rings. The molecule has 0 radical (unpaired) electrons. The number of phenols is 1. The highest BCUT2D eigenvalue weighted by Gasteiger charge is 2.11. The molecule has 0 atom stereocenters. The molecular weight excluding hydrogens is 269 g/mol. The molecule has 0 amide bonds. The number of benzene rings is 2. The molecule has 2 aromatic rings. The van der Waals surface area contributed by atoms with E-state index in [0.717, 1.165) is 12.1 Å². The van der Waals surface area contributed by atoms with Crippen molar-refractivity contribution >= 4 is 23.2 Å². The van der Waals surface area contributed by atoms with Crippen molar-refractivity contribution in [2.45, 2.75) is 0 Å². The summed E-state index contributed by atoms with van der Waals surface area (Å²) < 4.78 is 26.2. The number of phenolic OH excluding ortho intramolecular Hbond substituents is 1. The van der Waals surface area contributed by atoms with Crippen LogP contribution in [-0.2, 0) is 0 Å². The summed E-state index contributed by atoms with van der Waals surface area (Å²) in [6.45, 7) is 0. The van der Waals surface area contributed by atoms with Crippen LogP contribution < -0.4 is 0 Å². The summed E-state index contributed by atoms with van der Waals surface area (Å²) in [6.07, 6.45) is 0. The fourth-order valence-corrected chi connectivity index (χ4v) is 1.86. The summed E-state index contributed by atoms with van der Waals surface area (Å²) in [4.78, 5) is 0. The van der Waals surface area contributed by atoms with E-state index < -0.39 is 11.6 Å². The van der Waals surface area contributed by atoms with Gasteiger partial charge in [-0.05, 0) is 29.8 Å². The number of hydrogen-bond donors (Lipinski definition) is 1. The molecule has 0 bridgehead atoms. The molecule has 0 aliphatic carbocycles. The van der Waals surface area contributed by atoms with Gasteiger partial charge in [0.2, 0.25) is 0 Å². The van der Waals surface area contributed by atoms with Crippen molar-refractivity contribution in [2.75, 3.05) is 0 Å². The third kappa shape index (κ3) is 2.51. The van der Waals surface area contributed by atoms with Crippen LogP contribution in [0.25, 0.3) is 11.1 Å². The molecule has 2 rings (SSSR count). The maximum Gasteiger partial charge on any atom is 0.145 e. The van der Waals surface area contributed by atoms with Crippen LogP contribution in [0.3, 0.4) is 0 Å². The number of aromatic hydroxyl groups is 1. The van der Waals surface area contributed by atoms with Gasteiger partial charge >= 0.3 is 0 Å². The van der Waals surface area contributed by atoms with Crippen molar-refractivity contribution in [3.05, 3.63) is 52.0 Å². The largest absolute Gasteiger partial charge is 0.507 e. The van der Waals surface area contributed by atoms with E-state index in [-0.39, 0.29) is 21.4 Å². The molecule has 0 saturated heterocycles. The molecule has 1 N–H and O–H groups in total. The summed E-state index contributed by atoms with van der Waals surface area (Å²) in [5.74, 6) is -1.61. The van der Waals surface area contributed by atoms with Crippen LogP contribution in [0.2, 0.25) is 10.0 Å². The highest BCUT2D eigenvalue weighted by molar-refractivity contribution is 6.31. The van der Waals surface area contributed by atoms with Gasteiger partial charge in [-0.2, -0.15) is 0 Å². The Morgan fingerprint density at radius 3 is 2.29 bits per heavy atom. The number of rotatable bonds is 1. The average molecular weight is 275 g/mol. The Morgan fingerprint density at radius 2 is 1.65 bits per heavy atom. The third-order valence-corrected chi connectivity index (χ3v) is 2.72. The van der Waals surface area contributed by atoms with Crippen molar-refractivity contribution in [1.29, 1.82) is 0 Å². The first-order chi connectivity index (χ1) is 7.97. The minimum Gasteiger partial charge on any atom is -0.507 e. The Bertz CT molecular complexity index is 565. The Labute approximate surface area is 106 Å². The highest BCUT2D eigenvalue weighted by Crippen LogP contribution is 2.34. The smallest absolute Gasteiger partial charge is 0.145 e. The van der Waals surface area contributed by atoms with Crippen molar-refractivity contribution in [3.8, 4) is 16.9 Å². The van der Waals surface area contributed by atoms with Crippen molar-refractivity contribution in [2.24, 2.45) is 0 Å². The molecule has 0 spiro atoms. The van der Waals surface area contributed by atoms with Crippen LogP contribution in [0, 0.1) is 11.6 Å². The molecule has 0 fully saturated rings. The van der Waals surface area contributed by atoms with Gasteiger partial charge in [-0.1, -0.05) is 23.2 Å². The van der Waals surface area contributed by atoms with Gasteiger partial charge in [-0.25, -0.2) is 8.78 Å². The quantitative estimate of drug-likeness (QED) is 0.803. The van der Waals surface area contributed by atoms with Gasteiger partial charge in [-0.15, -0.1) is 0 Å². The Kier molecular flexibility index (Phi) is 3.22. The lowest BCUT2D eigenvalue weighted by Gasteiger charge is -2.07. The predicted molar refractivity (Wildman–Crippen MR) is 63.5 cm³/mol. The lowest BCUT2D eigenvalue weighted by Crippen LogP contribution is -1.85. The average Bonchev–Trinajstić information content (AvgIpc) is 2.22. The van der Waals surface area contributed by atoms with E-state index in [4.69, 9.17) is 23.2 Å². The van der Waals surface area contributed by atoms with Crippen LogP contribution in [0.15, 0.2) is 30.3 Å². The van der Waals surface area contributed by atoms with Gasteiger partial charge in [-0.3, -0.25) is 0 Å². The maximum absolute atomic E-state index is 13.2. The molecule has 5 heteroatoms. The zero-order chi connectivity index (χ0) is 12.6. The van der Waals surface area contributed by atoms with Crippen LogP contribution in [0.4, 0.5) is 8.78 Å². The van der Waals surface area contributed by atoms with E-state index in [1.165, 1.54) is 18.2 Å². The minimum absolute atomic E-state index is 0.154. The SMILES string of the molecule is Oc1cc(F)c(Cl)cc1-c1cc(F)cc(Cl)c1. The molecule has 17 heavy (non-hydrogen) atoms. The van der Waals surface area contributed by atoms with Gasteiger partial charge in [0.05, 0.1) is 5.02 Å². The molecule has 2 aromatic carbocycles. The van der Waals surface area contributed by atoms with Crippen molar-refractivity contribution < 1.29 is 13.9 Å². The summed E-state index contributed by atoms with van der Waals surface area (Å²) >= 11 is 11.3. The normalized spacial score (nSPS) is 10.6. The zero-order valence-electron chi connectivity index (χ0n) is 8.35. The van der Waals surface area contributed by atoms with E-state index in [2.05, 4.69) is 0 Å². The molecule has 0 saturated carbocycles. The lowest BCUT2D eigenvalue weighted by atomic mass is 10.0. The molecule has 0 aliphatic heterocycles. The second-order valence-corrected chi connectivity index (χ2v) is 4.29. The van der Waals surface area contributed by atoms with Crippen LogP contribution >= 0.6 is 23.2 Å². The molecular formula is C12H6Cl2F2O. The van der Waals surface area contributed by atoms with E-state index in [1.54, 1.807) is 0 Å². The third-order valence-electron chi connectivity index (χ3n) is 2.21. The van der Waals surface area contributed by atoms with Crippen LogP contribution in [-0.4, -0.2) is 5.11 Å². The van der Waals surface area contributed by atoms with Crippen molar-refractivity contribution in [3.63, 3.8) is 0 Å². The molecule has 88 valence electrons. The van der Waals surface area contributed by atoms with E-state index in [1.807, 2.05) is 0 Å². The summed E-state index contributed by atoms with van der Waals surface area (Å²) in [6, 6.07) is 5.85. The predicted octanol–water partition coefficient (Wildman–Crippen LogP) is 4.64. The molecule has 0 unspecified atom stereocenters. The monoisotopic (exact) mass is 274 g/mol.